The van der Waals surface area contributed by atoms with Crippen LogP contribution < -0.4 is 5.32 Å². The van der Waals surface area contributed by atoms with Gasteiger partial charge in [-0.15, -0.1) is 0 Å². The first kappa shape index (κ1) is 12.5. The van der Waals surface area contributed by atoms with Crippen LogP contribution in [0.15, 0.2) is 0 Å². The lowest BCUT2D eigenvalue weighted by molar-refractivity contribution is -0.137. The topological polar surface area (TPSA) is 69.6 Å². The van der Waals surface area contributed by atoms with Crippen molar-refractivity contribution in [2.24, 2.45) is 0 Å². The molecule has 0 spiro atoms. The molecule has 17 heavy (non-hydrogen) atoms. The molecule has 96 valence electrons. The average Bonchev–Trinajstić information content (AvgIpc) is 2.95. The summed E-state index contributed by atoms with van der Waals surface area (Å²) in [6.07, 6.45) is 2.08. The number of nitrogens with zero attached hydrogens (tertiary/aromatic N) is 1. The Morgan fingerprint density at radius 1 is 1.53 bits per heavy atom. The second-order valence-electron chi connectivity index (χ2n) is 5.01. The molecule has 1 aliphatic heterocycles. The molecule has 1 saturated carbocycles. The van der Waals surface area contributed by atoms with E-state index in [9.17, 15) is 9.59 Å². The number of carboxylic acid groups (broad SMARTS) is 1. The highest BCUT2D eigenvalue weighted by molar-refractivity contribution is 7.99. The summed E-state index contributed by atoms with van der Waals surface area (Å²) in [7, 11) is 0. The third kappa shape index (κ3) is 3.28. The zero-order valence-electron chi connectivity index (χ0n) is 9.94. The van der Waals surface area contributed by atoms with E-state index in [2.05, 4.69) is 5.32 Å². The van der Waals surface area contributed by atoms with Crippen molar-refractivity contribution in [3.63, 3.8) is 0 Å². The van der Waals surface area contributed by atoms with Crippen molar-refractivity contribution < 1.29 is 14.7 Å². The highest BCUT2D eigenvalue weighted by Crippen LogP contribution is 2.34. The molecule has 2 rings (SSSR count). The van der Waals surface area contributed by atoms with E-state index in [0.29, 0.717) is 6.54 Å². The molecular formula is C11H18N2O3S. The molecule has 2 N–H and O–H groups in total. The Bertz CT molecular complexity index is 331. The van der Waals surface area contributed by atoms with E-state index in [1.54, 1.807) is 16.7 Å². The lowest BCUT2D eigenvalue weighted by atomic mass is 10.2. The van der Waals surface area contributed by atoms with Crippen LogP contribution in [-0.2, 0) is 4.79 Å². The Morgan fingerprint density at radius 2 is 2.24 bits per heavy atom. The third-order valence-corrected chi connectivity index (χ3v) is 4.40. The van der Waals surface area contributed by atoms with E-state index in [1.807, 2.05) is 6.92 Å². The molecule has 0 bridgehead atoms. The zero-order valence-corrected chi connectivity index (χ0v) is 10.8. The molecule has 2 fully saturated rings. The zero-order chi connectivity index (χ0) is 12.5. The molecule has 0 aromatic carbocycles. The minimum absolute atomic E-state index is 0.0388. The highest BCUT2D eigenvalue weighted by Gasteiger charge is 2.41. The SMILES string of the molecule is CC1(NC(=O)N2CCSCC2CC(=O)O)CC1. The van der Waals surface area contributed by atoms with Crippen LogP contribution >= 0.6 is 11.8 Å². The van der Waals surface area contributed by atoms with Crippen molar-refractivity contribution in [2.45, 2.75) is 37.8 Å². The Labute approximate surface area is 105 Å². The van der Waals surface area contributed by atoms with Crippen molar-refractivity contribution in [3.05, 3.63) is 0 Å². The van der Waals surface area contributed by atoms with Crippen LogP contribution in [0.5, 0.6) is 0 Å². The van der Waals surface area contributed by atoms with Crippen LogP contribution in [0.3, 0.4) is 0 Å². The standard InChI is InChI=1S/C11H18N2O3S/c1-11(2-3-11)12-10(16)13-4-5-17-7-8(13)6-9(14)15/h8H,2-7H2,1H3,(H,12,16)(H,14,15). The van der Waals surface area contributed by atoms with Gasteiger partial charge in [0.1, 0.15) is 0 Å². The van der Waals surface area contributed by atoms with Gasteiger partial charge >= 0.3 is 12.0 Å². The van der Waals surface area contributed by atoms with Gasteiger partial charge < -0.3 is 15.3 Å². The van der Waals surface area contributed by atoms with Gasteiger partial charge in [-0.1, -0.05) is 0 Å². The van der Waals surface area contributed by atoms with Gasteiger partial charge in [0.25, 0.3) is 0 Å². The molecule has 1 unspecified atom stereocenters. The monoisotopic (exact) mass is 258 g/mol. The second-order valence-corrected chi connectivity index (χ2v) is 6.16. The van der Waals surface area contributed by atoms with Crippen molar-refractivity contribution in [3.8, 4) is 0 Å². The predicted molar refractivity (Wildman–Crippen MR) is 66.2 cm³/mol. The fourth-order valence-electron chi connectivity index (χ4n) is 1.94. The van der Waals surface area contributed by atoms with E-state index in [1.165, 1.54) is 0 Å². The minimum Gasteiger partial charge on any atom is -0.481 e. The molecule has 1 heterocycles. The lowest BCUT2D eigenvalue weighted by Gasteiger charge is -2.35. The summed E-state index contributed by atoms with van der Waals surface area (Å²) in [5.74, 6) is 0.768. The molecule has 1 atom stereocenters. The van der Waals surface area contributed by atoms with Crippen LogP contribution in [0.25, 0.3) is 0 Å². The molecule has 2 aliphatic rings. The fraction of sp³-hybridized carbons (Fsp3) is 0.818. The summed E-state index contributed by atoms with van der Waals surface area (Å²) >= 11 is 1.71. The third-order valence-electron chi connectivity index (χ3n) is 3.31. The van der Waals surface area contributed by atoms with E-state index < -0.39 is 5.97 Å². The Kier molecular flexibility index (Phi) is 3.51. The first-order chi connectivity index (χ1) is 8.00. The van der Waals surface area contributed by atoms with Gasteiger partial charge in [-0.3, -0.25) is 4.79 Å². The maximum atomic E-state index is 12.1. The van der Waals surface area contributed by atoms with Crippen LogP contribution in [0.2, 0.25) is 0 Å². The number of amides is 2. The first-order valence-electron chi connectivity index (χ1n) is 5.88. The Balaban J connectivity index is 1.94. The predicted octanol–water partition coefficient (Wildman–Crippen LogP) is 1.14. The fourth-order valence-corrected chi connectivity index (χ4v) is 3.00. The van der Waals surface area contributed by atoms with E-state index in [0.717, 1.165) is 24.3 Å². The summed E-state index contributed by atoms with van der Waals surface area (Å²) in [5, 5.41) is 11.8. The van der Waals surface area contributed by atoms with Crippen molar-refractivity contribution in [2.75, 3.05) is 18.1 Å². The molecule has 2 amide bonds. The number of thioether (sulfide) groups is 1. The molecule has 0 aromatic heterocycles. The van der Waals surface area contributed by atoms with Gasteiger partial charge in [0, 0.05) is 23.6 Å². The van der Waals surface area contributed by atoms with E-state index in [4.69, 9.17) is 5.11 Å². The lowest BCUT2D eigenvalue weighted by Crippen LogP contribution is -2.53. The summed E-state index contributed by atoms with van der Waals surface area (Å²) in [5.41, 5.74) is -0.0462. The first-order valence-corrected chi connectivity index (χ1v) is 7.04. The molecule has 6 heteroatoms. The molecule has 5 nitrogen and oxygen atoms in total. The number of carbonyl (C=O) groups is 2. The normalized spacial score (nSPS) is 26.4. The smallest absolute Gasteiger partial charge is 0.318 e. The highest BCUT2D eigenvalue weighted by atomic mass is 32.2. The van der Waals surface area contributed by atoms with Crippen molar-refractivity contribution in [1.82, 2.24) is 10.2 Å². The molecule has 1 saturated heterocycles. The van der Waals surface area contributed by atoms with Crippen molar-refractivity contribution in [1.29, 1.82) is 0 Å². The summed E-state index contributed by atoms with van der Waals surface area (Å²) < 4.78 is 0. The molecule has 0 radical (unpaired) electrons. The van der Waals surface area contributed by atoms with E-state index >= 15 is 0 Å². The van der Waals surface area contributed by atoms with Crippen LogP contribution in [0.1, 0.15) is 26.2 Å². The maximum absolute atomic E-state index is 12.1. The van der Waals surface area contributed by atoms with Gasteiger partial charge in [-0.25, -0.2) is 4.79 Å². The summed E-state index contributed by atoms with van der Waals surface area (Å²) in [4.78, 5) is 24.5. The van der Waals surface area contributed by atoms with Crippen molar-refractivity contribution >= 4 is 23.8 Å². The van der Waals surface area contributed by atoms with Crippen LogP contribution in [0, 0.1) is 0 Å². The number of aliphatic carboxylic acids is 1. The Hall–Kier alpha value is -0.910. The quantitative estimate of drug-likeness (QED) is 0.796. The number of carboxylic acids is 1. The van der Waals surface area contributed by atoms with Crippen LogP contribution in [0.4, 0.5) is 4.79 Å². The second kappa shape index (κ2) is 4.76. The largest absolute Gasteiger partial charge is 0.481 e. The molecule has 1 aliphatic carbocycles. The Morgan fingerprint density at radius 3 is 2.82 bits per heavy atom. The molecular weight excluding hydrogens is 240 g/mol. The average molecular weight is 258 g/mol. The van der Waals surface area contributed by atoms with Gasteiger partial charge in [0.05, 0.1) is 12.5 Å². The van der Waals surface area contributed by atoms with Gasteiger partial charge in [0.15, 0.2) is 0 Å². The number of carbonyl (C=O) groups excluding carboxylic acids is 1. The number of hydrogen-bond donors (Lipinski definition) is 2. The van der Waals surface area contributed by atoms with Gasteiger partial charge in [0.2, 0.25) is 0 Å². The molecule has 0 aromatic rings. The minimum atomic E-state index is -0.840. The number of hydrogen-bond acceptors (Lipinski definition) is 3. The summed E-state index contributed by atoms with van der Waals surface area (Å²) in [6, 6.07) is -0.273. The number of nitrogens with one attached hydrogen (secondary N) is 1. The number of urea groups is 1. The number of rotatable bonds is 3. The van der Waals surface area contributed by atoms with Crippen LogP contribution in [-0.4, -0.2) is 51.6 Å². The summed E-state index contributed by atoms with van der Waals surface area (Å²) in [6.45, 7) is 2.67. The van der Waals surface area contributed by atoms with E-state index in [-0.39, 0.29) is 24.0 Å². The maximum Gasteiger partial charge on any atom is 0.318 e. The van der Waals surface area contributed by atoms with Gasteiger partial charge in [-0.2, -0.15) is 11.8 Å². The van der Waals surface area contributed by atoms with Gasteiger partial charge in [-0.05, 0) is 19.8 Å².